The molecule has 0 spiro atoms. The Morgan fingerprint density at radius 1 is 1.00 bits per heavy atom. The average Bonchev–Trinajstić information content (AvgIpc) is 2.75. The summed E-state index contributed by atoms with van der Waals surface area (Å²) in [6.07, 6.45) is 0.823. The number of halogens is 3. The molecule has 0 aliphatic rings. The molecule has 8 heteroatoms. The van der Waals surface area contributed by atoms with Crippen LogP contribution in [-0.4, -0.2) is 34.6 Å². The van der Waals surface area contributed by atoms with E-state index < -0.39 is 6.04 Å². The quantitative estimate of drug-likeness (QED) is 0.421. The summed E-state index contributed by atoms with van der Waals surface area (Å²) in [5, 5.41) is 4.58. The number of rotatable bonds is 10. The number of nitrogens with one attached hydrogen (secondary N) is 1. The summed E-state index contributed by atoms with van der Waals surface area (Å²) >= 11 is 19.5. The van der Waals surface area contributed by atoms with Gasteiger partial charge in [0.1, 0.15) is 6.04 Å². The fourth-order valence-electron chi connectivity index (χ4n) is 2.80. The minimum atomic E-state index is -0.595. The summed E-state index contributed by atoms with van der Waals surface area (Å²) in [5.41, 5.74) is 1.90. The second kappa shape index (κ2) is 12.6. The summed E-state index contributed by atoms with van der Waals surface area (Å²) in [4.78, 5) is 27.4. The Kier molecular flexibility index (Phi) is 10.5. The number of hydrogen-bond acceptors (Lipinski definition) is 3. The van der Waals surface area contributed by atoms with E-state index >= 15 is 0 Å². The molecule has 0 aromatic heterocycles. The van der Waals surface area contributed by atoms with Gasteiger partial charge in [0.05, 0.1) is 15.8 Å². The van der Waals surface area contributed by atoms with Crippen LogP contribution in [0.5, 0.6) is 0 Å². The van der Waals surface area contributed by atoms with Gasteiger partial charge in [-0.05, 0) is 55.7 Å². The van der Waals surface area contributed by atoms with Crippen LogP contribution >= 0.6 is 46.6 Å². The lowest BCUT2D eigenvalue weighted by molar-refractivity contribution is -0.138. The molecule has 0 heterocycles. The van der Waals surface area contributed by atoms with Crippen molar-refractivity contribution in [3.63, 3.8) is 0 Å². The van der Waals surface area contributed by atoms with E-state index in [1.807, 2.05) is 32.0 Å². The first-order chi connectivity index (χ1) is 14.7. The third-order valence-electron chi connectivity index (χ3n) is 4.91. The van der Waals surface area contributed by atoms with Crippen LogP contribution in [0.25, 0.3) is 0 Å². The van der Waals surface area contributed by atoms with Crippen LogP contribution in [0.4, 0.5) is 0 Å². The van der Waals surface area contributed by atoms with Crippen molar-refractivity contribution in [3.05, 3.63) is 68.7 Å². The summed E-state index contributed by atoms with van der Waals surface area (Å²) in [5.74, 6) is 0.595. The lowest BCUT2D eigenvalue weighted by Crippen LogP contribution is -2.50. The van der Waals surface area contributed by atoms with E-state index in [-0.39, 0.29) is 23.6 Å². The number of thioether (sulfide) groups is 1. The van der Waals surface area contributed by atoms with Gasteiger partial charge in [-0.1, -0.05) is 59.9 Å². The fourth-order valence-corrected chi connectivity index (χ4v) is 4.11. The first kappa shape index (κ1) is 25.9. The van der Waals surface area contributed by atoms with Crippen molar-refractivity contribution in [2.24, 2.45) is 0 Å². The normalized spacial score (nSPS) is 12.8. The third-order valence-corrected chi connectivity index (χ3v) is 6.89. The monoisotopic (exact) mass is 500 g/mol. The number of amides is 2. The molecule has 0 unspecified atom stereocenters. The maximum absolute atomic E-state index is 13.1. The molecule has 0 fully saturated rings. The topological polar surface area (TPSA) is 49.4 Å². The van der Waals surface area contributed by atoms with Crippen LogP contribution < -0.4 is 5.32 Å². The molecule has 0 bridgehead atoms. The Morgan fingerprint density at radius 2 is 1.65 bits per heavy atom. The largest absolute Gasteiger partial charge is 0.352 e. The van der Waals surface area contributed by atoms with E-state index in [1.165, 1.54) is 11.8 Å². The van der Waals surface area contributed by atoms with E-state index in [2.05, 4.69) is 5.32 Å². The Morgan fingerprint density at radius 3 is 2.26 bits per heavy atom. The average molecular weight is 502 g/mol. The van der Waals surface area contributed by atoms with Gasteiger partial charge in [-0.3, -0.25) is 9.59 Å². The van der Waals surface area contributed by atoms with Gasteiger partial charge in [0, 0.05) is 23.4 Å². The van der Waals surface area contributed by atoms with E-state index in [1.54, 1.807) is 36.1 Å². The van der Waals surface area contributed by atoms with Crippen molar-refractivity contribution in [3.8, 4) is 0 Å². The molecule has 2 atom stereocenters. The highest BCUT2D eigenvalue weighted by Crippen LogP contribution is 2.25. The predicted octanol–water partition coefficient (Wildman–Crippen LogP) is 6.21. The van der Waals surface area contributed by atoms with Crippen LogP contribution in [0, 0.1) is 0 Å². The zero-order valence-corrected chi connectivity index (χ0v) is 20.9. The van der Waals surface area contributed by atoms with E-state index in [0.717, 1.165) is 17.5 Å². The molecule has 2 rings (SSSR count). The number of benzene rings is 2. The molecule has 0 aliphatic carbocycles. The molecular formula is C23H27Cl3N2O2S. The van der Waals surface area contributed by atoms with Crippen LogP contribution in [0.15, 0.2) is 42.5 Å². The first-order valence-electron chi connectivity index (χ1n) is 10.1. The van der Waals surface area contributed by atoms with Gasteiger partial charge in [-0.15, -0.1) is 11.8 Å². The predicted molar refractivity (Wildman–Crippen MR) is 132 cm³/mol. The van der Waals surface area contributed by atoms with Crippen molar-refractivity contribution < 1.29 is 9.59 Å². The van der Waals surface area contributed by atoms with Gasteiger partial charge in [0.15, 0.2) is 0 Å². The smallest absolute Gasteiger partial charge is 0.242 e. The summed E-state index contributed by atoms with van der Waals surface area (Å²) in [6, 6.07) is 12.2. The molecule has 0 saturated heterocycles. The zero-order chi connectivity index (χ0) is 23.0. The zero-order valence-electron chi connectivity index (χ0n) is 17.8. The standard InChI is InChI=1S/C23H27Cl3N2O2S/c1-4-15(2)27-23(30)16(3)28(12-17-5-8-19(24)9-6-17)22(29)14-31-13-18-7-10-20(25)21(26)11-18/h5-11,15-16H,4,12-14H2,1-3H3,(H,27,30)/t15-,16-/m1/s1. The SMILES string of the molecule is CC[C@@H](C)NC(=O)[C@@H](C)N(Cc1ccc(Cl)cc1)C(=O)CSCc1ccc(Cl)c(Cl)c1. The van der Waals surface area contributed by atoms with Gasteiger partial charge < -0.3 is 10.2 Å². The minimum absolute atomic E-state index is 0.0477. The molecule has 0 aliphatic heterocycles. The highest BCUT2D eigenvalue weighted by atomic mass is 35.5. The highest BCUT2D eigenvalue weighted by Gasteiger charge is 2.26. The van der Waals surface area contributed by atoms with Crippen molar-refractivity contribution >= 4 is 58.4 Å². The fraction of sp³-hybridized carbons (Fsp3) is 0.391. The van der Waals surface area contributed by atoms with E-state index in [9.17, 15) is 9.59 Å². The van der Waals surface area contributed by atoms with Gasteiger partial charge >= 0.3 is 0 Å². The summed E-state index contributed by atoms with van der Waals surface area (Å²) in [7, 11) is 0. The molecule has 31 heavy (non-hydrogen) atoms. The Bertz CT molecular complexity index is 893. The molecular weight excluding hydrogens is 475 g/mol. The van der Waals surface area contributed by atoms with Gasteiger partial charge in [0.25, 0.3) is 0 Å². The second-order valence-corrected chi connectivity index (χ2v) is 9.62. The molecule has 168 valence electrons. The van der Waals surface area contributed by atoms with Crippen molar-refractivity contribution in [2.75, 3.05) is 5.75 Å². The number of nitrogens with zero attached hydrogens (tertiary/aromatic N) is 1. The van der Waals surface area contributed by atoms with E-state index in [0.29, 0.717) is 27.4 Å². The molecule has 2 aromatic carbocycles. The molecule has 2 aromatic rings. The van der Waals surface area contributed by atoms with Gasteiger partial charge in [-0.2, -0.15) is 0 Å². The molecule has 2 amide bonds. The Balaban J connectivity index is 2.07. The first-order valence-corrected chi connectivity index (χ1v) is 12.4. The van der Waals surface area contributed by atoms with Crippen LogP contribution in [-0.2, 0) is 21.9 Å². The van der Waals surface area contributed by atoms with Crippen LogP contribution in [0.1, 0.15) is 38.3 Å². The highest BCUT2D eigenvalue weighted by molar-refractivity contribution is 7.99. The lowest BCUT2D eigenvalue weighted by Gasteiger charge is -2.29. The van der Waals surface area contributed by atoms with Crippen LogP contribution in [0.2, 0.25) is 15.1 Å². The number of hydrogen-bond donors (Lipinski definition) is 1. The third kappa shape index (κ3) is 8.23. The van der Waals surface area contributed by atoms with Crippen molar-refractivity contribution in [2.45, 2.75) is 51.6 Å². The number of carbonyl (C=O) groups is 2. The Hall–Kier alpha value is -1.40. The molecule has 0 saturated carbocycles. The van der Waals surface area contributed by atoms with Crippen molar-refractivity contribution in [1.82, 2.24) is 10.2 Å². The van der Waals surface area contributed by atoms with Crippen molar-refractivity contribution in [1.29, 1.82) is 0 Å². The molecule has 0 radical (unpaired) electrons. The summed E-state index contributed by atoms with van der Waals surface area (Å²) < 4.78 is 0. The lowest BCUT2D eigenvalue weighted by atomic mass is 10.1. The molecule has 1 N–H and O–H groups in total. The van der Waals surface area contributed by atoms with E-state index in [4.69, 9.17) is 34.8 Å². The molecule has 4 nitrogen and oxygen atoms in total. The maximum atomic E-state index is 13.1. The Labute approximate surface area is 203 Å². The van der Waals surface area contributed by atoms with Crippen LogP contribution in [0.3, 0.4) is 0 Å². The second-order valence-electron chi connectivity index (χ2n) is 7.38. The minimum Gasteiger partial charge on any atom is -0.352 e. The van der Waals surface area contributed by atoms with Gasteiger partial charge in [-0.25, -0.2) is 0 Å². The number of carbonyl (C=O) groups excluding carboxylic acids is 2. The summed E-state index contributed by atoms with van der Waals surface area (Å²) in [6.45, 7) is 6.04. The maximum Gasteiger partial charge on any atom is 0.242 e. The van der Waals surface area contributed by atoms with Gasteiger partial charge in [0.2, 0.25) is 11.8 Å².